The molecule has 0 unspecified atom stereocenters. The summed E-state index contributed by atoms with van der Waals surface area (Å²) in [5, 5.41) is 11.8. The third kappa shape index (κ3) is 6.30. The number of benzene rings is 1. The zero-order chi connectivity index (χ0) is 21.6. The van der Waals surface area contributed by atoms with E-state index in [9.17, 15) is 5.11 Å². The average molecular weight is 468 g/mol. The van der Waals surface area contributed by atoms with Crippen LogP contribution in [0.4, 0.5) is 0 Å². The number of allylic oxidation sites excluding steroid dienone is 2. The van der Waals surface area contributed by atoms with Crippen molar-refractivity contribution >= 4 is 23.2 Å². The molecule has 0 spiro atoms. The van der Waals surface area contributed by atoms with Crippen LogP contribution in [0.2, 0.25) is 10.0 Å². The van der Waals surface area contributed by atoms with E-state index < -0.39 is 6.10 Å². The fourth-order valence-electron chi connectivity index (χ4n) is 4.37. The topological polar surface area (TPSA) is 48.4 Å². The van der Waals surface area contributed by atoms with Crippen LogP contribution in [0.5, 0.6) is 5.75 Å². The lowest BCUT2D eigenvalue weighted by molar-refractivity contribution is 0.0228. The second-order valence-electron chi connectivity index (χ2n) is 8.30. The van der Waals surface area contributed by atoms with Gasteiger partial charge >= 0.3 is 0 Å². The summed E-state index contributed by atoms with van der Waals surface area (Å²) in [6.07, 6.45) is 8.01. The number of morpholine rings is 1. The Kier molecular flexibility index (Phi) is 8.02. The summed E-state index contributed by atoms with van der Waals surface area (Å²) in [5.74, 6) is 1.95. The van der Waals surface area contributed by atoms with Crippen molar-refractivity contribution in [1.82, 2.24) is 14.7 Å². The smallest absolute Gasteiger partial charge is 0.121 e. The van der Waals surface area contributed by atoms with E-state index in [1.54, 1.807) is 12.1 Å². The number of piperidine rings is 1. The van der Waals surface area contributed by atoms with Crippen molar-refractivity contribution in [2.45, 2.75) is 25.0 Å². The first kappa shape index (κ1) is 22.7. The summed E-state index contributed by atoms with van der Waals surface area (Å²) in [4.78, 5) is 6.96. The monoisotopic (exact) mass is 467 g/mol. The van der Waals surface area contributed by atoms with Gasteiger partial charge < -0.3 is 29.3 Å². The summed E-state index contributed by atoms with van der Waals surface area (Å²) >= 11 is 12.1. The van der Waals surface area contributed by atoms with Gasteiger partial charge in [0.05, 0.1) is 29.4 Å². The lowest BCUT2D eigenvalue weighted by Gasteiger charge is -2.40. The number of ether oxygens (including phenoxy) is 2. The van der Waals surface area contributed by atoms with Crippen molar-refractivity contribution in [3.63, 3.8) is 0 Å². The molecule has 170 valence electrons. The van der Waals surface area contributed by atoms with E-state index in [0.717, 1.165) is 64.5 Å². The first-order valence-corrected chi connectivity index (χ1v) is 11.8. The van der Waals surface area contributed by atoms with Crippen LogP contribution in [0.3, 0.4) is 0 Å². The molecular weight excluding hydrogens is 437 g/mol. The van der Waals surface area contributed by atoms with Gasteiger partial charge in [-0.05, 0) is 31.1 Å². The number of likely N-dealkylation sites (tertiary alicyclic amines) is 1. The molecule has 6 nitrogen and oxygen atoms in total. The van der Waals surface area contributed by atoms with Crippen molar-refractivity contribution in [3.8, 4) is 5.75 Å². The molecule has 3 aliphatic rings. The van der Waals surface area contributed by atoms with Crippen LogP contribution < -0.4 is 4.74 Å². The minimum atomic E-state index is -0.400. The van der Waals surface area contributed by atoms with Gasteiger partial charge in [-0.15, -0.1) is 0 Å². The molecule has 1 aromatic carbocycles. The Morgan fingerprint density at radius 2 is 1.84 bits per heavy atom. The summed E-state index contributed by atoms with van der Waals surface area (Å²) in [7, 11) is 0. The molecule has 1 aromatic rings. The summed E-state index contributed by atoms with van der Waals surface area (Å²) in [6.45, 7) is 7.29. The SMILES string of the molecule is O[C@@H](CN1CCC(Oc2ccc(Cl)c(Cl)c2)CC1)CN1CC=CC=C1N1CCOCC1. The van der Waals surface area contributed by atoms with E-state index in [4.69, 9.17) is 32.7 Å². The number of rotatable bonds is 7. The van der Waals surface area contributed by atoms with E-state index in [-0.39, 0.29) is 6.10 Å². The van der Waals surface area contributed by atoms with E-state index in [1.807, 2.05) is 6.07 Å². The fraction of sp³-hybridized carbons (Fsp3) is 0.565. The van der Waals surface area contributed by atoms with Gasteiger partial charge in [0, 0.05) is 51.9 Å². The van der Waals surface area contributed by atoms with Crippen molar-refractivity contribution in [3.05, 3.63) is 52.3 Å². The van der Waals surface area contributed by atoms with E-state index in [1.165, 1.54) is 5.82 Å². The Morgan fingerprint density at radius 1 is 1.06 bits per heavy atom. The van der Waals surface area contributed by atoms with E-state index >= 15 is 0 Å². The predicted molar refractivity (Wildman–Crippen MR) is 124 cm³/mol. The Balaban J connectivity index is 1.22. The van der Waals surface area contributed by atoms with Crippen LogP contribution in [-0.2, 0) is 4.74 Å². The molecule has 0 amide bonds. The van der Waals surface area contributed by atoms with Gasteiger partial charge in [0.15, 0.2) is 0 Å². The Morgan fingerprint density at radius 3 is 2.58 bits per heavy atom. The maximum atomic E-state index is 10.8. The number of β-amino-alcohol motifs (C(OH)–C–C–N with tert-alkyl or cyclic N) is 1. The fourth-order valence-corrected chi connectivity index (χ4v) is 4.66. The largest absolute Gasteiger partial charge is 0.490 e. The highest BCUT2D eigenvalue weighted by Gasteiger charge is 2.25. The van der Waals surface area contributed by atoms with Crippen LogP contribution in [0.25, 0.3) is 0 Å². The summed E-state index contributed by atoms with van der Waals surface area (Å²) < 4.78 is 11.6. The standard InChI is InChI=1S/C23H31Cl2N3O3/c24-21-5-4-20(15-22(21)25)31-19-6-9-26(10-7-19)16-18(29)17-28-8-2-1-3-23(28)27-11-13-30-14-12-27/h1-5,15,18-19,29H,6-14,16-17H2/t18-/m0/s1. The Labute approximate surface area is 194 Å². The minimum Gasteiger partial charge on any atom is -0.490 e. The number of nitrogens with zero attached hydrogens (tertiary/aromatic N) is 3. The number of hydrogen-bond donors (Lipinski definition) is 1. The molecule has 1 N–H and O–H groups in total. The number of hydrogen-bond acceptors (Lipinski definition) is 6. The number of aliphatic hydroxyl groups excluding tert-OH is 1. The molecule has 31 heavy (non-hydrogen) atoms. The van der Waals surface area contributed by atoms with Gasteiger partial charge in [-0.3, -0.25) is 0 Å². The summed E-state index contributed by atoms with van der Waals surface area (Å²) in [6, 6.07) is 5.39. The molecule has 8 heteroatoms. The van der Waals surface area contributed by atoms with Gasteiger partial charge in [-0.2, -0.15) is 0 Å². The Bertz CT molecular complexity index is 790. The zero-order valence-electron chi connectivity index (χ0n) is 17.8. The third-order valence-corrected chi connectivity index (χ3v) is 6.73. The molecule has 1 atom stereocenters. The molecule has 0 bridgehead atoms. The van der Waals surface area contributed by atoms with Crippen LogP contribution in [0, 0.1) is 0 Å². The van der Waals surface area contributed by atoms with Gasteiger partial charge in [-0.25, -0.2) is 0 Å². The third-order valence-electron chi connectivity index (χ3n) is 5.99. The predicted octanol–water partition coefficient (Wildman–Crippen LogP) is 3.24. The van der Waals surface area contributed by atoms with Crippen LogP contribution in [0.1, 0.15) is 12.8 Å². The molecule has 4 rings (SSSR count). The highest BCUT2D eigenvalue weighted by Crippen LogP contribution is 2.28. The van der Waals surface area contributed by atoms with E-state index in [2.05, 4.69) is 32.9 Å². The summed E-state index contributed by atoms with van der Waals surface area (Å²) in [5.41, 5.74) is 0. The molecule has 3 heterocycles. The molecule has 0 radical (unpaired) electrons. The highest BCUT2D eigenvalue weighted by atomic mass is 35.5. The molecule has 0 saturated carbocycles. The molecule has 2 saturated heterocycles. The van der Waals surface area contributed by atoms with Crippen LogP contribution in [0.15, 0.2) is 42.2 Å². The lowest BCUT2D eigenvalue weighted by Crippen LogP contribution is -2.48. The normalized spacial score (nSPS) is 21.8. The molecular formula is C23H31Cl2N3O3. The van der Waals surface area contributed by atoms with Crippen molar-refractivity contribution in [1.29, 1.82) is 0 Å². The second kappa shape index (κ2) is 10.9. The minimum absolute atomic E-state index is 0.161. The molecule has 3 aliphatic heterocycles. The quantitative estimate of drug-likeness (QED) is 0.663. The molecule has 0 aromatic heterocycles. The molecule has 2 fully saturated rings. The maximum Gasteiger partial charge on any atom is 0.121 e. The van der Waals surface area contributed by atoms with Gasteiger partial charge in [0.25, 0.3) is 0 Å². The Hall–Kier alpha value is -1.44. The number of halogens is 2. The van der Waals surface area contributed by atoms with Crippen molar-refractivity contribution < 1.29 is 14.6 Å². The first-order valence-electron chi connectivity index (χ1n) is 11.0. The van der Waals surface area contributed by atoms with E-state index in [0.29, 0.717) is 23.1 Å². The van der Waals surface area contributed by atoms with Gasteiger partial charge in [-0.1, -0.05) is 35.4 Å². The van der Waals surface area contributed by atoms with Crippen molar-refractivity contribution in [2.24, 2.45) is 0 Å². The second-order valence-corrected chi connectivity index (χ2v) is 9.12. The van der Waals surface area contributed by atoms with Crippen LogP contribution in [-0.4, -0.2) is 91.0 Å². The zero-order valence-corrected chi connectivity index (χ0v) is 19.3. The van der Waals surface area contributed by atoms with Crippen LogP contribution >= 0.6 is 23.2 Å². The maximum absolute atomic E-state index is 10.8. The number of aliphatic hydroxyl groups is 1. The van der Waals surface area contributed by atoms with Gasteiger partial charge in [0.1, 0.15) is 17.7 Å². The first-order chi connectivity index (χ1) is 15.1. The molecule has 0 aliphatic carbocycles. The highest BCUT2D eigenvalue weighted by molar-refractivity contribution is 6.42. The van der Waals surface area contributed by atoms with Crippen molar-refractivity contribution in [2.75, 3.05) is 59.0 Å². The lowest BCUT2D eigenvalue weighted by atomic mass is 10.1. The average Bonchev–Trinajstić information content (AvgIpc) is 2.78. The van der Waals surface area contributed by atoms with Gasteiger partial charge in [0.2, 0.25) is 0 Å².